The number of carbonyl (C=O) groups is 1. The molecule has 2 aliphatic heterocycles. The maximum Gasteiger partial charge on any atom is 0.258 e. The van der Waals surface area contributed by atoms with Gasteiger partial charge in [0.1, 0.15) is 5.82 Å². The molecule has 1 fully saturated rings. The van der Waals surface area contributed by atoms with Crippen LogP contribution in [0.5, 0.6) is 0 Å². The molecular weight excluding hydrogens is 421 g/mol. The average Bonchev–Trinajstić information content (AvgIpc) is 3.38. The molecule has 3 aromatic rings. The summed E-state index contributed by atoms with van der Waals surface area (Å²) < 4.78 is 15.8. The van der Waals surface area contributed by atoms with Crippen molar-refractivity contribution < 1.29 is 9.18 Å². The number of benzene rings is 1. The smallest absolute Gasteiger partial charge is 0.258 e. The van der Waals surface area contributed by atoms with E-state index < -0.39 is 0 Å². The summed E-state index contributed by atoms with van der Waals surface area (Å²) in [6, 6.07) is 8.00. The Bertz CT molecular complexity index is 1200. The number of H-pyrrole nitrogens is 1. The third-order valence-corrected chi connectivity index (χ3v) is 6.73. The molecule has 2 aromatic heterocycles. The van der Waals surface area contributed by atoms with Crippen molar-refractivity contribution in [1.29, 1.82) is 0 Å². The summed E-state index contributed by atoms with van der Waals surface area (Å²) in [5.41, 5.74) is 3.38. The second kappa shape index (κ2) is 9.31. The van der Waals surface area contributed by atoms with Crippen molar-refractivity contribution >= 4 is 5.91 Å². The Morgan fingerprint density at radius 1 is 1.09 bits per heavy atom. The van der Waals surface area contributed by atoms with Gasteiger partial charge in [-0.25, -0.2) is 4.39 Å². The first kappa shape index (κ1) is 21.6. The summed E-state index contributed by atoms with van der Waals surface area (Å²) in [5.74, 6) is -0.464. The van der Waals surface area contributed by atoms with E-state index in [0.29, 0.717) is 42.7 Å². The summed E-state index contributed by atoms with van der Waals surface area (Å²) in [6.07, 6.45) is 7.38. The molecule has 5 rings (SSSR count). The Morgan fingerprint density at radius 2 is 1.94 bits per heavy atom. The number of hydrogen-bond donors (Lipinski definition) is 1. The highest BCUT2D eigenvalue weighted by molar-refractivity contribution is 5.93. The molecule has 33 heavy (non-hydrogen) atoms. The molecule has 0 aliphatic carbocycles. The van der Waals surface area contributed by atoms with Crippen molar-refractivity contribution in [2.75, 3.05) is 26.2 Å². The Labute approximate surface area is 191 Å². The van der Waals surface area contributed by atoms with Crippen LogP contribution in [-0.2, 0) is 19.5 Å². The Balaban J connectivity index is 1.51. The quantitative estimate of drug-likeness (QED) is 0.650. The summed E-state index contributed by atoms with van der Waals surface area (Å²) in [5, 5.41) is 6.57. The molecule has 172 valence electrons. The van der Waals surface area contributed by atoms with Gasteiger partial charge in [0, 0.05) is 50.1 Å². The first-order valence-corrected chi connectivity index (χ1v) is 11.6. The van der Waals surface area contributed by atoms with Crippen molar-refractivity contribution in [2.24, 2.45) is 0 Å². The fourth-order valence-electron chi connectivity index (χ4n) is 4.97. The number of nitrogens with one attached hydrogen (secondary N) is 1. The van der Waals surface area contributed by atoms with Gasteiger partial charge in [0.05, 0.1) is 11.8 Å². The second-order valence-electron chi connectivity index (χ2n) is 8.86. The zero-order valence-electron chi connectivity index (χ0n) is 18.6. The van der Waals surface area contributed by atoms with Gasteiger partial charge in [0.15, 0.2) is 0 Å². The largest absolute Gasteiger partial charge is 0.334 e. The van der Waals surface area contributed by atoms with Crippen molar-refractivity contribution in [1.82, 2.24) is 24.6 Å². The van der Waals surface area contributed by atoms with Crippen LogP contribution in [0, 0.1) is 5.82 Å². The lowest BCUT2D eigenvalue weighted by Gasteiger charge is -2.32. The molecule has 2 aliphatic rings. The van der Waals surface area contributed by atoms with E-state index in [-0.39, 0.29) is 17.3 Å². The number of halogens is 1. The Hall–Kier alpha value is -3.26. The van der Waals surface area contributed by atoms with Gasteiger partial charge >= 0.3 is 0 Å². The number of carbonyl (C=O) groups excluding carboxylic acids is 1. The fraction of sp³-hybridized carbons (Fsp3) is 0.400. The zero-order chi connectivity index (χ0) is 22.8. The van der Waals surface area contributed by atoms with E-state index in [1.54, 1.807) is 23.2 Å². The molecule has 0 saturated carbocycles. The number of aromatic amines is 1. The Morgan fingerprint density at radius 3 is 2.70 bits per heavy atom. The average molecular weight is 450 g/mol. The maximum atomic E-state index is 14.0. The van der Waals surface area contributed by atoms with E-state index in [0.717, 1.165) is 30.9 Å². The topological polar surface area (TPSA) is 74.2 Å². The van der Waals surface area contributed by atoms with E-state index in [1.807, 2.05) is 10.6 Å². The molecule has 1 amide bonds. The van der Waals surface area contributed by atoms with Gasteiger partial charge in [-0.2, -0.15) is 5.10 Å². The first-order valence-electron chi connectivity index (χ1n) is 11.6. The van der Waals surface area contributed by atoms with Crippen LogP contribution in [0.25, 0.3) is 11.1 Å². The fourth-order valence-corrected chi connectivity index (χ4v) is 4.97. The van der Waals surface area contributed by atoms with Gasteiger partial charge in [-0.1, -0.05) is 18.6 Å². The van der Waals surface area contributed by atoms with E-state index >= 15 is 0 Å². The number of amides is 1. The summed E-state index contributed by atoms with van der Waals surface area (Å²) in [7, 11) is 0. The molecule has 1 saturated heterocycles. The normalized spacial score (nSPS) is 16.6. The first-order chi connectivity index (χ1) is 16.1. The second-order valence-corrected chi connectivity index (χ2v) is 8.86. The van der Waals surface area contributed by atoms with E-state index in [2.05, 4.69) is 15.1 Å². The minimum Gasteiger partial charge on any atom is -0.334 e. The van der Waals surface area contributed by atoms with E-state index in [4.69, 9.17) is 0 Å². The third-order valence-electron chi connectivity index (χ3n) is 6.73. The highest BCUT2D eigenvalue weighted by atomic mass is 19.1. The standard InChI is InChI=1S/C25H28FN5O2/c26-21-6-4-5-18(13-21)22-14-19-17-30(24(32)20-15-27-28-16-20)10-7-23(19)31(25(22)33)12-11-29-8-2-1-3-9-29/h4-6,13-16H,1-3,7-12,17H2,(H,27,28). The maximum absolute atomic E-state index is 14.0. The molecule has 0 unspecified atom stereocenters. The van der Waals surface area contributed by atoms with Gasteiger partial charge in [-0.15, -0.1) is 0 Å². The number of aromatic nitrogens is 3. The molecule has 8 heteroatoms. The van der Waals surface area contributed by atoms with Crippen molar-refractivity contribution in [3.8, 4) is 11.1 Å². The van der Waals surface area contributed by atoms with Crippen molar-refractivity contribution in [2.45, 2.75) is 38.8 Å². The van der Waals surface area contributed by atoms with Gasteiger partial charge in [0.25, 0.3) is 11.5 Å². The zero-order valence-corrected chi connectivity index (χ0v) is 18.6. The highest BCUT2D eigenvalue weighted by Gasteiger charge is 2.26. The Kier molecular flexibility index (Phi) is 6.09. The van der Waals surface area contributed by atoms with Crippen LogP contribution >= 0.6 is 0 Å². The SMILES string of the molecule is O=C(c1cn[nH]c1)N1CCc2c(cc(-c3cccc(F)c3)c(=O)n2CCN2CCCCC2)C1. The van der Waals surface area contributed by atoms with E-state index in [1.165, 1.54) is 37.6 Å². The molecule has 7 nitrogen and oxygen atoms in total. The van der Waals surface area contributed by atoms with Crippen LogP contribution in [0.2, 0.25) is 0 Å². The third kappa shape index (κ3) is 4.48. The lowest BCUT2D eigenvalue weighted by molar-refractivity contribution is 0.0732. The molecule has 0 spiro atoms. The number of nitrogens with zero attached hydrogens (tertiary/aromatic N) is 4. The van der Waals surface area contributed by atoms with Gasteiger partial charge in [0.2, 0.25) is 0 Å². The number of likely N-dealkylation sites (tertiary alicyclic amines) is 1. The predicted octanol–water partition coefficient (Wildman–Crippen LogP) is 3.06. The molecule has 4 heterocycles. The number of rotatable bonds is 5. The number of hydrogen-bond acceptors (Lipinski definition) is 4. The molecule has 0 atom stereocenters. The van der Waals surface area contributed by atoms with Crippen molar-refractivity contribution in [3.05, 3.63) is 75.7 Å². The van der Waals surface area contributed by atoms with Crippen LogP contribution in [0.3, 0.4) is 0 Å². The summed E-state index contributed by atoms with van der Waals surface area (Å²) in [4.78, 5) is 30.6. The molecule has 0 bridgehead atoms. The lowest BCUT2D eigenvalue weighted by Crippen LogP contribution is -2.41. The molecule has 1 aromatic carbocycles. The van der Waals surface area contributed by atoms with Crippen LogP contribution < -0.4 is 5.56 Å². The molecular formula is C25H28FN5O2. The van der Waals surface area contributed by atoms with Crippen LogP contribution in [0.4, 0.5) is 4.39 Å². The highest BCUT2D eigenvalue weighted by Crippen LogP contribution is 2.25. The summed E-state index contributed by atoms with van der Waals surface area (Å²) in [6.45, 7) is 4.49. The van der Waals surface area contributed by atoms with Crippen LogP contribution in [0.15, 0.2) is 47.5 Å². The van der Waals surface area contributed by atoms with Gasteiger partial charge in [-0.05, 0) is 55.3 Å². The lowest BCUT2D eigenvalue weighted by atomic mass is 9.98. The minimum absolute atomic E-state index is 0.0900. The number of piperidine rings is 1. The minimum atomic E-state index is -0.374. The van der Waals surface area contributed by atoms with E-state index in [9.17, 15) is 14.0 Å². The van der Waals surface area contributed by atoms with Gasteiger partial charge < -0.3 is 14.4 Å². The summed E-state index contributed by atoms with van der Waals surface area (Å²) >= 11 is 0. The van der Waals surface area contributed by atoms with Crippen molar-refractivity contribution in [3.63, 3.8) is 0 Å². The van der Waals surface area contributed by atoms with Crippen LogP contribution in [0.1, 0.15) is 40.9 Å². The molecule has 1 N–H and O–H groups in total. The van der Waals surface area contributed by atoms with Gasteiger partial charge in [-0.3, -0.25) is 14.7 Å². The predicted molar refractivity (Wildman–Crippen MR) is 123 cm³/mol. The monoisotopic (exact) mass is 449 g/mol. The van der Waals surface area contributed by atoms with Crippen LogP contribution in [-0.4, -0.2) is 56.7 Å². The molecule has 0 radical (unpaired) electrons. The number of fused-ring (bicyclic) bond motifs is 1. The number of pyridine rings is 1.